The van der Waals surface area contributed by atoms with Crippen LogP contribution in [0.1, 0.15) is 11.3 Å². The van der Waals surface area contributed by atoms with Gasteiger partial charge in [-0.1, -0.05) is 36.4 Å². The second-order valence-corrected chi connectivity index (χ2v) is 9.67. The quantitative estimate of drug-likeness (QED) is 0.374. The smallest absolute Gasteiger partial charge is 0.304 e. The third-order valence-electron chi connectivity index (χ3n) is 7.47. The molecule has 0 radical (unpaired) electrons. The maximum absolute atomic E-state index is 13.4. The van der Waals surface area contributed by atoms with Gasteiger partial charge in [0.1, 0.15) is 23.3 Å². The van der Waals surface area contributed by atoms with Crippen LogP contribution >= 0.6 is 0 Å². The monoisotopic (exact) mass is 505 g/mol. The molecule has 2 aromatic carbocycles. The summed E-state index contributed by atoms with van der Waals surface area (Å²) in [6.45, 7) is 2.64. The zero-order valence-corrected chi connectivity index (χ0v) is 20.9. The molecule has 0 bridgehead atoms. The minimum atomic E-state index is -0.971. The topological polar surface area (TPSA) is 88.6 Å². The van der Waals surface area contributed by atoms with Gasteiger partial charge >= 0.3 is 5.78 Å². The molecule has 0 aliphatic carbocycles. The summed E-state index contributed by atoms with van der Waals surface area (Å²) in [6, 6.07) is 22.1. The highest BCUT2D eigenvalue weighted by molar-refractivity contribution is 6.44. The first-order chi connectivity index (χ1) is 18.6. The lowest BCUT2D eigenvalue weighted by Crippen LogP contribution is -2.52. The first-order valence-corrected chi connectivity index (χ1v) is 12.8. The lowest BCUT2D eigenvalue weighted by Gasteiger charge is -2.38. The van der Waals surface area contributed by atoms with E-state index in [1.807, 2.05) is 85.1 Å². The highest BCUT2D eigenvalue weighted by Crippen LogP contribution is 2.47. The molecule has 1 saturated heterocycles. The first-order valence-electron chi connectivity index (χ1n) is 12.8. The van der Waals surface area contributed by atoms with Gasteiger partial charge < -0.3 is 20.4 Å². The van der Waals surface area contributed by atoms with Crippen molar-refractivity contribution in [3.63, 3.8) is 0 Å². The molecule has 1 fully saturated rings. The van der Waals surface area contributed by atoms with Crippen molar-refractivity contribution in [2.24, 2.45) is 5.73 Å². The minimum Gasteiger partial charge on any atom is -0.469 e. The molecule has 38 heavy (non-hydrogen) atoms. The molecular weight excluding hydrogens is 476 g/mol. The highest BCUT2D eigenvalue weighted by Gasteiger charge is 2.49. The van der Waals surface area contributed by atoms with Gasteiger partial charge in [-0.15, -0.1) is 0 Å². The molecule has 0 spiro atoms. The Bertz CT molecular complexity index is 1480. The van der Waals surface area contributed by atoms with Crippen LogP contribution in [0.3, 0.4) is 0 Å². The summed E-state index contributed by atoms with van der Waals surface area (Å²) >= 11 is 0. The van der Waals surface area contributed by atoms with E-state index in [1.54, 1.807) is 6.26 Å². The number of hydrogen-bond acceptors (Lipinski definition) is 5. The number of quaternary nitrogens is 1. The average Bonchev–Trinajstić information content (AvgIpc) is 3.60. The molecule has 6 rings (SSSR count). The van der Waals surface area contributed by atoms with Gasteiger partial charge in [-0.3, -0.25) is 9.59 Å². The molecule has 3 aromatic rings. The molecule has 3 aliphatic heterocycles. The maximum Gasteiger partial charge on any atom is 0.304 e. The number of rotatable bonds is 7. The molecule has 0 saturated carbocycles. The first kappa shape index (κ1) is 23.9. The molecule has 190 valence electrons. The highest BCUT2D eigenvalue weighted by atomic mass is 16.3. The lowest BCUT2D eigenvalue weighted by molar-refractivity contribution is -0.134. The predicted octanol–water partition coefficient (Wildman–Crippen LogP) is 4.05. The van der Waals surface area contributed by atoms with Crippen LogP contribution in [0.25, 0.3) is 5.57 Å². The predicted molar refractivity (Wildman–Crippen MR) is 149 cm³/mol. The van der Waals surface area contributed by atoms with Crippen LogP contribution in [0.2, 0.25) is 0 Å². The van der Waals surface area contributed by atoms with E-state index in [1.165, 1.54) is 0 Å². The van der Waals surface area contributed by atoms with Gasteiger partial charge in [0.25, 0.3) is 5.91 Å². The number of primary amides is 1. The van der Waals surface area contributed by atoms with E-state index in [4.69, 9.17) is 10.2 Å². The minimum absolute atomic E-state index is 0.0140. The Labute approximate surface area is 221 Å². The van der Waals surface area contributed by atoms with Crippen LogP contribution in [0, 0.1) is 0 Å². The Kier molecular flexibility index (Phi) is 6.15. The van der Waals surface area contributed by atoms with Gasteiger partial charge in [-0.05, 0) is 35.9 Å². The maximum atomic E-state index is 13.4. The van der Waals surface area contributed by atoms with Crippen molar-refractivity contribution in [1.29, 1.82) is 0 Å². The number of benzene rings is 2. The molecule has 7 nitrogen and oxygen atoms in total. The molecule has 4 heterocycles. The Balaban J connectivity index is 1.42. The zero-order chi connectivity index (χ0) is 26.1. The number of nitrogens with one attached hydrogen (secondary N) is 1. The molecule has 1 amide bonds. The Hall–Kier alpha value is -4.46. The van der Waals surface area contributed by atoms with Crippen molar-refractivity contribution in [2.75, 3.05) is 24.5 Å². The number of carbonyl (C=O) groups excluding carboxylic acids is 2. The second kappa shape index (κ2) is 9.78. The number of ketones is 1. The van der Waals surface area contributed by atoms with Crippen molar-refractivity contribution in [1.82, 2.24) is 9.80 Å². The number of piperazine rings is 1. The van der Waals surface area contributed by atoms with Gasteiger partial charge in [0.15, 0.2) is 0 Å². The summed E-state index contributed by atoms with van der Waals surface area (Å²) < 4.78 is 5.63. The van der Waals surface area contributed by atoms with E-state index in [0.29, 0.717) is 11.3 Å². The van der Waals surface area contributed by atoms with Crippen LogP contribution in [-0.2, 0) is 16.0 Å². The Morgan fingerprint density at radius 1 is 1.03 bits per heavy atom. The van der Waals surface area contributed by atoms with Gasteiger partial charge in [-0.25, -0.2) is 0 Å². The van der Waals surface area contributed by atoms with E-state index in [9.17, 15) is 9.59 Å². The Morgan fingerprint density at radius 2 is 1.84 bits per heavy atom. The number of fused-ring (bicyclic) bond motifs is 1. The standard InChI is InChI=1S/C31H28N4O3/c32-31(37)30(36)29-28(22-7-2-1-3-8-22)20-26-9-4-5-17-35(26,29)25-13-11-23(12-14-25)34-16-15-33-21-24(34)19-27-10-6-18-38-27/h1-14,17-18,20,24,33H,15-16,19,21H2,(H-,32,37)/p+1. The number of carbonyl (C=O) groups is 2. The van der Waals surface area contributed by atoms with Crippen LogP contribution < -0.4 is 20.4 Å². The van der Waals surface area contributed by atoms with E-state index in [0.717, 1.165) is 54.5 Å². The molecule has 2 atom stereocenters. The molecular formula is C31H29N4O3+. The van der Waals surface area contributed by atoms with Crippen molar-refractivity contribution >= 4 is 28.6 Å². The van der Waals surface area contributed by atoms with E-state index in [2.05, 4.69) is 22.3 Å². The van der Waals surface area contributed by atoms with Crippen molar-refractivity contribution < 1.29 is 14.0 Å². The van der Waals surface area contributed by atoms with Gasteiger partial charge in [0, 0.05) is 62.1 Å². The average molecular weight is 506 g/mol. The Morgan fingerprint density at radius 3 is 2.58 bits per heavy atom. The summed E-state index contributed by atoms with van der Waals surface area (Å²) in [4.78, 5) is 28.1. The van der Waals surface area contributed by atoms with Crippen LogP contribution in [-0.4, -0.2) is 37.4 Å². The van der Waals surface area contributed by atoms with Crippen molar-refractivity contribution in [3.05, 3.63) is 126 Å². The van der Waals surface area contributed by atoms with E-state index in [-0.39, 0.29) is 10.5 Å². The largest absolute Gasteiger partial charge is 0.469 e. The number of furan rings is 1. The van der Waals surface area contributed by atoms with Crippen molar-refractivity contribution in [2.45, 2.75) is 12.5 Å². The second-order valence-electron chi connectivity index (χ2n) is 9.67. The number of nitrogens with zero attached hydrogens (tertiary/aromatic N) is 2. The van der Waals surface area contributed by atoms with Crippen molar-refractivity contribution in [3.8, 4) is 0 Å². The third-order valence-corrected chi connectivity index (χ3v) is 7.47. The number of Topliss-reactive ketones (excluding diaryl/α,β-unsaturated/α-hetero) is 1. The molecule has 3 aliphatic rings. The third kappa shape index (κ3) is 4.02. The normalized spacial score (nSPS) is 22.4. The lowest BCUT2D eigenvalue weighted by atomic mass is 10.0. The number of anilines is 1. The number of allylic oxidation sites excluding steroid dienone is 5. The fraction of sp³-hybridized carbons (Fsp3) is 0.161. The molecule has 3 N–H and O–H groups in total. The SMILES string of the molecule is NC(=O)C(=O)C1=C(c2ccccc2)C=C2C=CC=C[N+]21c1ccc(N2CCNCC2Cc2ccco2)cc1. The molecule has 2 unspecified atom stereocenters. The summed E-state index contributed by atoms with van der Waals surface area (Å²) in [5, 5.41) is 3.49. The van der Waals surface area contributed by atoms with Gasteiger partial charge in [-0.2, -0.15) is 4.48 Å². The summed E-state index contributed by atoms with van der Waals surface area (Å²) in [5.74, 6) is -0.703. The van der Waals surface area contributed by atoms with Gasteiger partial charge in [0.05, 0.1) is 11.8 Å². The number of hydrogen-bond donors (Lipinski definition) is 2. The number of amides is 1. The van der Waals surface area contributed by atoms with Crippen LogP contribution in [0.5, 0.6) is 0 Å². The number of nitrogens with two attached hydrogens (primary N) is 1. The zero-order valence-electron chi connectivity index (χ0n) is 20.9. The summed E-state index contributed by atoms with van der Waals surface area (Å²) in [6.07, 6.45) is 12.3. The molecule has 1 aromatic heterocycles. The fourth-order valence-electron chi connectivity index (χ4n) is 5.72. The fourth-order valence-corrected chi connectivity index (χ4v) is 5.72. The van der Waals surface area contributed by atoms with E-state index < -0.39 is 11.7 Å². The summed E-state index contributed by atoms with van der Waals surface area (Å²) in [5.41, 5.74) is 10.3. The molecule has 7 heteroatoms. The van der Waals surface area contributed by atoms with E-state index >= 15 is 0 Å². The van der Waals surface area contributed by atoms with Crippen LogP contribution in [0.4, 0.5) is 11.4 Å². The van der Waals surface area contributed by atoms with Gasteiger partial charge in [0.2, 0.25) is 5.70 Å². The summed E-state index contributed by atoms with van der Waals surface area (Å²) in [7, 11) is 0. The van der Waals surface area contributed by atoms with Crippen LogP contribution in [0.15, 0.2) is 119 Å².